The maximum absolute atomic E-state index is 12.4. The van der Waals surface area contributed by atoms with Gasteiger partial charge in [0.05, 0.1) is 6.42 Å². The lowest BCUT2D eigenvalue weighted by atomic mass is 10.1. The van der Waals surface area contributed by atoms with Gasteiger partial charge in [-0.05, 0) is 26.2 Å². The Bertz CT molecular complexity index is 495. The van der Waals surface area contributed by atoms with Crippen molar-refractivity contribution in [1.29, 1.82) is 0 Å². The van der Waals surface area contributed by atoms with Crippen LogP contribution in [0.5, 0.6) is 0 Å². The number of carbonyl (C=O) groups excluding carboxylic acids is 1. The zero-order valence-electron chi connectivity index (χ0n) is 11.7. The van der Waals surface area contributed by atoms with E-state index in [9.17, 15) is 9.59 Å². The molecule has 0 saturated heterocycles. The van der Waals surface area contributed by atoms with Gasteiger partial charge >= 0.3 is 5.97 Å². The maximum Gasteiger partial charge on any atom is 0.305 e. The van der Waals surface area contributed by atoms with Crippen molar-refractivity contribution >= 4 is 11.9 Å². The van der Waals surface area contributed by atoms with E-state index in [-0.39, 0.29) is 18.9 Å². The molecule has 2 rings (SSSR count). The Morgan fingerprint density at radius 3 is 2.75 bits per heavy atom. The average Bonchev–Trinajstić information content (AvgIpc) is 2.68. The smallest absolute Gasteiger partial charge is 0.305 e. The Balaban J connectivity index is 2.15. The van der Waals surface area contributed by atoms with Crippen LogP contribution in [0, 0.1) is 0 Å². The number of rotatable bonds is 5. The van der Waals surface area contributed by atoms with Crippen molar-refractivity contribution in [2.24, 2.45) is 0 Å². The molecule has 1 heterocycles. The SMILES string of the molecule is CCN(CCC(=O)O)C(=O)c1noc2c1CCCCC2. The van der Waals surface area contributed by atoms with Crippen LogP contribution in [0.2, 0.25) is 0 Å². The molecule has 0 aliphatic heterocycles. The highest BCUT2D eigenvalue weighted by Crippen LogP contribution is 2.24. The zero-order valence-corrected chi connectivity index (χ0v) is 11.7. The van der Waals surface area contributed by atoms with Crippen molar-refractivity contribution < 1.29 is 19.2 Å². The number of hydrogen-bond donors (Lipinski definition) is 1. The molecule has 0 aromatic carbocycles. The summed E-state index contributed by atoms with van der Waals surface area (Å²) in [6.45, 7) is 2.50. The molecule has 1 amide bonds. The molecule has 1 aromatic rings. The van der Waals surface area contributed by atoms with Crippen LogP contribution in [0.25, 0.3) is 0 Å². The fraction of sp³-hybridized carbons (Fsp3) is 0.643. The van der Waals surface area contributed by atoms with E-state index < -0.39 is 5.97 Å². The molecule has 20 heavy (non-hydrogen) atoms. The van der Waals surface area contributed by atoms with Crippen LogP contribution in [-0.2, 0) is 17.6 Å². The van der Waals surface area contributed by atoms with Crippen LogP contribution < -0.4 is 0 Å². The first-order valence-electron chi connectivity index (χ1n) is 7.12. The van der Waals surface area contributed by atoms with Crippen LogP contribution in [0.4, 0.5) is 0 Å². The second-order valence-electron chi connectivity index (χ2n) is 5.02. The van der Waals surface area contributed by atoms with Crippen LogP contribution in [-0.4, -0.2) is 40.1 Å². The number of carboxylic acids is 1. The van der Waals surface area contributed by atoms with Crippen molar-refractivity contribution in [1.82, 2.24) is 10.1 Å². The normalized spacial score (nSPS) is 14.4. The van der Waals surface area contributed by atoms with Crippen molar-refractivity contribution in [2.75, 3.05) is 13.1 Å². The second-order valence-corrected chi connectivity index (χ2v) is 5.02. The molecule has 1 aliphatic carbocycles. The summed E-state index contributed by atoms with van der Waals surface area (Å²) in [7, 11) is 0. The lowest BCUT2D eigenvalue weighted by Gasteiger charge is -2.19. The summed E-state index contributed by atoms with van der Waals surface area (Å²) in [5.41, 5.74) is 1.29. The lowest BCUT2D eigenvalue weighted by molar-refractivity contribution is -0.137. The molecule has 0 fully saturated rings. The molecule has 1 aromatic heterocycles. The van der Waals surface area contributed by atoms with Crippen molar-refractivity contribution in [3.8, 4) is 0 Å². The fourth-order valence-electron chi connectivity index (χ4n) is 2.51. The highest BCUT2D eigenvalue weighted by Gasteiger charge is 2.26. The largest absolute Gasteiger partial charge is 0.481 e. The molecule has 110 valence electrons. The molecule has 1 aliphatic rings. The lowest BCUT2D eigenvalue weighted by Crippen LogP contribution is -2.33. The highest BCUT2D eigenvalue weighted by atomic mass is 16.5. The van der Waals surface area contributed by atoms with Gasteiger partial charge in [0.2, 0.25) is 0 Å². The molecule has 0 saturated carbocycles. The fourth-order valence-corrected chi connectivity index (χ4v) is 2.51. The van der Waals surface area contributed by atoms with E-state index in [0.717, 1.165) is 43.4 Å². The van der Waals surface area contributed by atoms with Crippen LogP contribution in [0.3, 0.4) is 0 Å². The quantitative estimate of drug-likeness (QED) is 0.832. The van der Waals surface area contributed by atoms with Crippen molar-refractivity contribution in [3.63, 3.8) is 0 Å². The van der Waals surface area contributed by atoms with Crippen molar-refractivity contribution in [2.45, 2.75) is 45.4 Å². The first kappa shape index (κ1) is 14.6. The Morgan fingerprint density at radius 2 is 2.05 bits per heavy atom. The van der Waals surface area contributed by atoms with Crippen LogP contribution >= 0.6 is 0 Å². The molecule has 0 radical (unpaired) electrons. The third-order valence-electron chi connectivity index (χ3n) is 3.67. The average molecular weight is 280 g/mol. The number of aryl methyl sites for hydroxylation is 1. The number of carbonyl (C=O) groups is 2. The molecule has 0 unspecified atom stereocenters. The third-order valence-corrected chi connectivity index (χ3v) is 3.67. The Kier molecular flexibility index (Phi) is 4.76. The van der Waals surface area contributed by atoms with Gasteiger partial charge in [-0.15, -0.1) is 0 Å². The number of carboxylic acid groups (broad SMARTS) is 1. The van der Waals surface area contributed by atoms with Gasteiger partial charge < -0.3 is 14.5 Å². The van der Waals surface area contributed by atoms with Gasteiger partial charge in [-0.25, -0.2) is 0 Å². The predicted octanol–water partition coefficient (Wildman–Crippen LogP) is 1.88. The highest BCUT2D eigenvalue weighted by molar-refractivity contribution is 5.94. The zero-order chi connectivity index (χ0) is 14.5. The molecule has 0 spiro atoms. The molecular formula is C14H20N2O4. The monoisotopic (exact) mass is 280 g/mol. The minimum Gasteiger partial charge on any atom is -0.481 e. The summed E-state index contributed by atoms with van der Waals surface area (Å²) in [6.07, 6.45) is 4.82. The molecule has 6 heteroatoms. The standard InChI is InChI=1S/C14H20N2O4/c1-2-16(9-8-12(17)18)14(19)13-10-6-4-3-5-7-11(10)20-15-13/h2-9H2,1H3,(H,17,18). The van der Waals surface area contributed by atoms with Gasteiger partial charge in [0.15, 0.2) is 5.69 Å². The summed E-state index contributed by atoms with van der Waals surface area (Å²) in [5.74, 6) is -0.309. The first-order valence-corrected chi connectivity index (χ1v) is 7.12. The topological polar surface area (TPSA) is 83.6 Å². The molecular weight excluding hydrogens is 260 g/mol. The molecule has 6 nitrogen and oxygen atoms in total. The van der Waals surface area contributed by atoms with Crippen LogP contribution in [0.1, 0.15) is 54.4 Å². The summed E-state index contributed by atoms with van der Waals surface area (Å²) < 4.78 is 5.29. The minimum atomic E-state index is -0.907. The van der Waals surface area contributed by atoms with E-state index in [1.54, 1.807) is 0 Å². The summed E-state index contributed by atoms with van der Waals surface area (Å²) in [4.78, 5) is 24.6. The van der Waals surface area contributed by atoms with E-state index >= 15 is 0 Å². The number of hydrogen-bond acceptors (Lipinski definition) is 4. The second kappa shape index (κ2) is 6.54. The van der Waals surface area contributed by atoms with Gasteiger partial charge in [0.25, 0.3) is 5.91 Å². The Hall–Kier alpha value is -1.85. The minimum absolute atomic E-state index is 0.0559. The van der Waals surface area contributed by atoms with Gasteiger partial charge in [-0.1, -0.05) is 11.6 Å². The molecule has 0 atom stereocenters. The summed E-state index contributed by atoms with van der Waals surface area (Å²) in [6, 6.07) is 0. The summed E-state index contributed by atoms with van der Waals surface area (Å²) in [5, 5.41) is 12.6. The van der Waals surface area contributed by atoms with Crippen molar-refractivity contribution in [3.05, 3.63) is 17.0 Å². The van der Waals surface area contributed by atoms with E-state index in [2.05, 4.69) is 5.16 Å². The van der Waals surface area contributed by atoms with E-state index in [0.29, 0.717) is 12.2 Å². The first-order chi connectivity index (χ1) is 9.63. The van der Waals surface area contributed by atoms with Gasteiger partial charge in [0, 0.05) is 25.1 Å². The number of aliphatic carboxylic acids is 1. The van der Waals surface area contributed by atoms with E-state index in [1.165, 1.54) is 4.90 Å². The van der Waals surface area contributed by atoms with Gasteiger partial charge in [-0.2, -0.15) is 0 Å². The number of aromatic nitrogens is 1. The maximum atomic E-state index is 12.4. The summed E-state index contributed by atoms with van der Waals surface area (Å²) >= 11 is 0. The third kappa shape index (κ3) is 3.18. The Morgan fingerprint density at radius 1 is 1.30 bits per heavy atom. The number of amides is 1. The van der Waals surface area contributed by atoms with Gasteiger partial charge in [-0.3, -0.25) is 9.59 Å². The number of fused-ring (bicyclic) bond motifs is 1. The van der Waals surface area contributed by atoms with Crippen LogP contribution in [0.15, 0.2) is 4.52 Å². The molecule has 1 N–H and O–H groups in total. The Labute approximate surface area is 117 Å². The molecule has 0 bridgehead atoms. The predicted molar refractivity (Wildman–Crippen MR) is 71.6 cm³/mol. The van der Waals surface area contributed by atoms with Gasteiger partial charge in [0.1, 0.15) is 5.76 Å². The van der Waals surface area contributed by atoms with E-state index in [4.69, 9.17) is 9.63 Å². The number of nitrogens with zero attached hydrogens (tertiary/aromatic N) is 2. The van der Waals surface area contributed by atoms with E-state index in [1.807, 2.05) is 6.92 Å².